The van der Waals surface area contributed by atoms with Crippen LogP contribution in [0.2, 0.25) is 0 Å². The standard InChI is InChI=1S/C18H20N2O8/c1-4-12-11(3)20(13-7-5-6-10(2)19(13)16(12)24)28-15(23)9-18(27,17(25)26)8-14(21)22/h5-7,27H,4,8-9H2,1-3H3,(H-,21,22,25,26)/p+1. The summed E-state index contributed by atoms with van der Waals surface area (Å²) in [7, 11) is 0. The van der Waals surface area contributed by atoms with Crippen LogP contribution in [0.3, 0.4) is 0 Å². The molecular formula is C18H21N2O8+. The second-order valence-corrected chi connectivity index (χ2v) is 6.43. The normalized spacial score (nSPS) is 13.1. The Balaban J connectivity index is 2.53. The second-order valence-electron chi connectivity index (χ2n) is 6.43. The monoisotopic (exact) mass is 393 g/mol. The molecule has 1 unspecified atom stereocenters. The summed E-state index contributed by atoms with van der Waals surface area (Å²) in [5.74, 6) is -4.60. The van der Waals surface area contributed by atoms with Gasteiger partial charge in [0.2, 0.25) is 0 Å². The average molecular weight is 393 g/mol. The molecule has 0 saturated carbocycles. The number of hydrogen-bond acceptors (Lipinski definition) is 6. The van der Waals surface area contributed by atoms with Crippen molar-refractivity contribution < 1.29 is 39.3 Å². The van der Waals surface area contributed by atoms with Crippen molar-refractivity contribution in [2.24, 2.45) is 0 Å². The van der Waals surface area contributed by atoms with E-state index in [2.05, 4.69) is 0 Å². The van der Waals surface area contributed by atoms with E-state index in [0.29, 0.717) is 23.4 Å². The number of pyridine rings is 1. The Morgan fingerprint density at radius 3 is 2.36 bits per heavy atom. The van der Waals surface area contributed by atoms with Crippen LogP contribution in [0.5, 0.6) is 0 Å². The Bertz CT molecular complexity index is 1030. The SMILES string of the molecule is CCc1c(C)[n+](OC(=O)CC(O)(CC(=O)O)C(=O)O)c2cccc(C)n2c1=O. The molecule has 0 radical (unpaired) electrons. The lowest BCUT2D eigenvalue weighted by Crippen LogP contribution is -2.55. The Morgan fingerprint density at radius 2 is 1.82 bits per heavy atom. The maximum atomic E-state index is 12.7. The number of carboxylic acid groups (broad SMARTS) is 2. The van der Waals surface area contributed by atoms with Gasteiger partial charge in [0, 0.05) is 13.0 Å². The summed E-state index contributed by atoms with van der Waals surface area (Å²) in [5.41, 5.74) is -1.54. The number of carboxylic acids is 2. The number of rotatable bonds is 7. The Morgan fingerprint density at radius 1 is 1.18 bits per heavy atom. The summed E-state index contributed by atoms with van der Waals surface area (Å²) in [6.07, 6.45) is -1.90. The van der Waals surface area contributed by atoms with E-state index < -0.39 is 36.4 Å². The molecular weight excluding hydrogens is 372 g/mol. The smallest absolute Gasteiger partial charge is 0.361 e. The molecule has 10 heteroatoms. The van der Waals surface area contributed by atoms with E-state index >= 15 is 0 Å². The second kappa shape index (κ2) is 7.77. The highest BCUT2D eigenvalue weighted by Gasteiger charge is 2.42. The molecule has 0 aliphatic heterocycles. The van der Waals surface area contributed by atoms with Gasteiger partial charge in [-0.3, -0.25) is 9.63 Å². The van der Waals surface area contributed by atoms with Gasteiger partial charge in [0.25, 0.3) is 0 Å². The summed E-state index contributed by atoms with van der Waals surface area (Å²) in [4.78, 5) is 52.3. The van der Waals surface area contributed by atoms with Crippen molar-refractivity contribution in [2.75, 3.05) is 0 Å². The van der Waals surface area contributed by atoms with Crippen molar-refractivity contribution in [1.29, 1.82) is 0 Å². The van der Waals surface area contributed by atoms with Crippen molar-refractivity contribution in [2.45, 2.75) is 45.6 Å². The molecule has 0 bridgehead atoms. The molecule has 1 atom stereocenters. The number of carbonyl (C=O) groups excluding carboxylic acids is 1. The van der Waals surface area contributed by atoms with Gasteiger partial charge in [0.1, 0.15) is 5.69 Å². The fraction of sp³-hybridized carbons (Fsp3) is 0.389. The highest BCUT2D eigenvalue weighted by molar-refractivity contribution is 5.88. The molecule has 2 rings (SSSR count). The number of aryl methyl sites for hydroxylation is 1. The van der Waals surface area contributed by atoms with Gasteiger partial charge in [-0.1, -0.05) is 13.0 Å². The van der Waals surface area contributed by atoms with Crippen molar-refractivity contribution >= 4 is 23.6 Å². The molecule has 2 aromatic rings. The van der Waals surface area contributed by atoms with E-state index in [0.717, 1.165) is 4.73 Å². The highest BCUT2D eigenvalue weighted by Crippen LogP contribution is 2.16. The molecule has 0 saturated heterocycles. The maximum absolute atomic E-state index is 12.7. The molecule has 0 aromatic carbocycles. The molecule has 3 N–H and O–H groups in total. The molecule has 0 spiro atoms. The third kappa shape index (κ3) is 3.86. The van der Waals surface area contributed by atoms with Crippen molar-refractivity contribution in [3.63, 3.8) is 0 Å². The fourth-order valence-corrected chi connectivity index (χ4v) is 2.97. The predicted octanol–water partition coefficient (Wildman–Crippen LogP) is -0.598. The minimum absolute atomic E-state index is 0.227. The van der Waals surface area contributed by atoms with Crippen LogP contribution in [-0.2, 0) is 20.8 Å². The van der Waals surface area contributed by atoms with Crippen LogP contribution >= 0.6 is 0 Å². The van der Waals surface area contributed by atoms with Crippen LogP contribution in [0.4, 0.5) is 0 Å². The van der Waals surface area contributed by atoms with Gasteiger partial charge in [-0.25, -0.2) is 14.4 Å². The van der Waals surface area contributed by atoms with Crippen LogP contribution in [0, 0.1) is 13.8 Å². The van der Waals surface area contributed by atoms with E-state index in [1.807, 2.05) is 0 Å². The van der Waals surface area contributed by atoms with Gasteiger partial charge in [0.05, 0.1) is 18.4 Å². The lowest BCUT2D eigenvalue weighted by Gasteiger charge is -2.19. The van der Waals surface area contributed by atoms with E-state index in [9.17, 15) is 24.3 Å². The zero-order chi connectivity index (χ0) is 21.2. The molecule has 0 amide bonds. The number of fused-ring (bicyclic) bond motifs is 1. The number of aliphatic carboxylic acids is 2. The molecule has 2 aromatic heterocycles. The minimum Gasteiger partial charge on any atom is -0.481 e. The van der Waals surface area contributed by atoms with Crippen molar-refractivity contribution in [1.82, 2.24) is 4.40 Å². The molecule has 0 aliphatic rings. The van der Waals surface area contributed by atoms with Gasteiger partial charge in [-0.15, -0.1) is 0 Å². The quantitative estimate of drug-likeness (QED) is 0.529. The number of hydrogen-bond donors (Lipinski definition) is 3. The number of aromatic nitrogens is 2. The van der Waals surface area contributed by atoms with Gasteiger partial charge in [-0.2, -0.15) is 4.40 Å². The predicted molar refractivity (Wildman–Crippen MR) is 93.8 cm³/mol. The van der Waals surface area contributed by atoms with Gasteiger partial charge < -0.3 is 15.3 Å². The van der Waals surface area contributed by atoms with E-state index in [1.165, 1.54) is 10.5 Å². The first-order valence-electron chi connectivity index (χ1n) is 8.46. The summed E-state index contributed by atoms with van der Waals surface area (Å²) >= 11 is 0. The maximum Gasteiger partial charge on any atom is 0.361 e. The topological polar surface area (TPSA) is 146 Å². The third-order valence-corrected chi connectivity index (χ3v) is 4.40. The van der Waals surface area contributed by atoms with Crippen molar-refractivity contribution in [3.05, 3.63) is 45.5 Å². The number of aliphatic hydroxyl groups is 1. The number of carbonyl (C=O) groups is 3. The first-order valence-corrected chi connectivity index (χ1v) is 8.46. The Labute approximate surface area is 159 Å². The first-order chi connectivity index (χ1) is 13.0. The highest BCUT2D eigenvalue weighted by atomic mass is 16.7. The van der Waals surface area contributed by atoms with Crippen LogP contribution in [0.25, 0.3) is 5.65 Å². The van der Waals surface area contributed by atoms with Crippen LogP contribution < -0.4 is 15.1 Å². The van der Waals surface area contributed by atoms with Gasteiger partial charge in [0.15, 0.2) is 11.3 Å². The fourth-order valence-electron chi connectivity index (χ4n) is 2.97. The van der Waals surface area contributed by atoms with E-state index in [4.69, 9.17) is 15.1 Å². The average Bonchev–Trinajstić information content (AvgIpc) is 2.57. The van der Waals surface area contributed by atoms with Gasteiger partial charge in [-0.05, 0) is 24.1 Å². The summed E-state index contributed by atoms with van der Waals surface area (Å²) < 4.78 is 2.43. The van der Waals surface area contributed by atoms with Crippen molar-refractivity contribution in [3.8, 4) is 0 Å². The van der Waals surface area contributed by atoms with E-state index in [1.54, 1.807) is 32.9 Å². The molecule has 0 aliphatic carbocycles. The van der Waals surface area contributed by atoms with Crippen LogP contribution in [0.1, 0.15) is 36.7 Å². The first kappa shape index (κ1) is 21.0. The van der Waals surface area contributed by atoms with Gasteiger partial charge >= 0.3 is 29.1 Å². The molecule has 0 fully saturated rings. The Kier molecular flexibility index (Phi) is 5.84. The third-order valence-electron chi connectivity index (χ3n) is 4.40. The number of nitrogens with zero attached hydrogens (tertiary/aromatic N) is 2. The van der Waals surface area contributed by atoms with Crippen LogP contribution in [-0.4, -0.2) is 43.2 Å². The molecule has 150 valence electrons. The van der Waals surface area contributed by atoms with Crippen LogP contribution in [0.15, 0.2) is 23.0 Å². The zero-order valence-corrected chi connectivity index (χ0v) is 15.6. The largest absolute Gasteiger partial charge is 0.481 e. The van der Waals surface area contributed by atoms with E-state index in [-0.39, 0.29) is 11.2 Å². The summed E-state index contributed by atoms with van der Waals surface area (Å²) in [6, 6.07) is 4.89. The zero-order valence-electron chi connectivity index (χ0n) is 15.6. The summed E-state index contributed by atoms with van der Waals surface area (Å²) in [6.45, 7) is 5.03. The Hall–Kier alpha value is -3.27. The lowest BCUT2D eigenvalue weighted by molar-refractivity contribution is -0.856. The molecule has 28 heavy (non-hydrogen) atoms. The lowest BCUT2D eigenvalue weighted by atomic mass is 9.96. The molecule has 2 heterocycles. The molecule has 10 nitrogen and oxygen atoms in total. The minimum atomic E-state index is -2.82. The summed E-state index contributed by atoms with van der Waals surface area (Å²) in [5, 5.41) is 27.9.